The zero-order chi connectivity index (χ0) is 19.8. The smallest absolute Gasteiger partial charge is 0.282 e. The Morgan fingerprint density at radius 2 is 1.79 bits per heavy atom. The largest absolute Gasteiger partial charge is 0.322 e. The lowest BCUT2D eigenvalue weighted by Gasteiger charge is -2.32. The summed E-state index contributed by atoms with van der Waals surface area (Å²) in [6.45, 7) is 7.05. The Labute approximate surface area is 166 Å². The molecule has 0 spiro atoms. The Hall–Kier alpha value is -2.94. The molecule has 0 aliphatic carbocycles. The molecule has 1 saturated heterocycles. The van der Waals surface area contributed by atoms with E-state index < -0.39 is 0 Å². The van der Waals surface area contributed by atoms with E-state index in [1.54, 1.807) is 23.1 Å². The van der Waals surface area contributed by atoms with Crippen LogP contribution in [0.1, 0.15) is 18.1 Å². The zero-order valence-electron chi connectivity index (χ0n) is 16.3. The van der Waals surface area contributed by atoms with Gasteiger partial charge in [-0.3, -0.25) is 4.79 Å². The lowest BCUT2D eigenvalue weighted by atomic mass is 10.1. The molecule has 0 unspecified atom stereocenters. The van der Waals surface area contributed by atoms with E-state index >= 15 is 0 Å². The van der Waals surface area contributed by atoms with Gasteiger partial charge in [-0.1, -0.05) is 48.5 Å². The molecule has 1 heterocycles. The number of nitrogens with one attached hydrogen (secondary N) is 3. The zero-order valence-corrected chi connectivity index (χ0v) is 16.3. The number of amides is 1. The number of piperazine rings is 1. The van der Waals surface area contributed by atoms with Gasteiger partial charge in [0.05, 0.1) is 17.8 Å². The van der Waals surface area contributed by atoms with Gasteiger partial charge >= 0.3 is 0 Å². The van der Waals surface area contributed by atoms with Crippen molar-refractivity contribution in [2.24, 2.45) is 0 Å². The first-order chi connectivity index (χ1) is 13.7. The highest BCUT2D eigenvalue weighted by molar-refractivity contribution is 5.94. The lowest BCUT2D eigenvalue weighted by Crippen LogP contribution is -3.29. The lowest BCUT2D eigenvalue weighted by molar-refractivity contribution is -1.02. The summed E-state index contributed by atoms with van der Waals surface area (Å²) < 4.78 is 0. The quantitative estimate of drug-likeness (QED) is 0.683. The minimum absolute atomic E-state index is 0.0230. The van der Waals surface area contributed by atoms with E-state index in [2.05, 4.69) is 47.8 Å². The fraction of sp³-hybridized carbons (Fsp3) is 0.304. The molecule has 3 N–H and O–H groups in total. The number of hydrogen-bond acceptors (Lipinski definition) is 2. The molecular formula is C23H28N4O+2. The van der Waals surface area contributed by atoms with Crippen LogP contribution in [-0.4, -0.2) is 44.7 Å². The van der Waals surface area contributed by atoms with E-state index in [-0.39, 0.29) is 11.9 Å². The van der Waals surface area contributed by atoms with Gasteiger partial charge in [-0.2, -0.15) is 5.26 Å². The third-order valence-corrected chi connectivity index (χ3v) is 5.43. The van der Waals surface area contributed by atoms with Crippen molar-refractivity contribution in [2.75, 3.05) is 38.0 Å². The second-order valence-electron chi connectivity index (χ2n) is 7.29. The Morgan fingerprint density at radius 1 is 1.11 bits per heavy atom. The number of hydrogen-bond donors (Lipinski definition) is 3. The molecular weight excluding hydrogens is 348 g/mol. The molecule has 2 aromatic rings. The van der Waals surface area contributed by atoms with Crippen LogP contribution in [0.15, 0.2) is 60.7 Å². The van der Waals surface area contributed by atoms with E-state index in [9.17, 15) is 10.1 Å². The molecule has 1 aliphatic heterocycles. The second-order valence-corrected chi connectivity index (χ2v) is 7.29. The van der Waals surface area contributed by atoms with Crippen LogP contribution in [0.25, 0.3) is 6.08 Å². The molecule has 28 heavy (non-hydrogen) atoms. The Bertz CT molecular complexity index is 848. The van der Waals surface area contributed by atoms with E-state index in [1.807, 2.05) is 19.1 Å². The molecule has 1 atom stereocenters. The summed E-state index contributed by atoms with van der Waals surface area (Å²) in [5, 5.41) is 12.1. The summed E-state index contributed by atoms with van der Waals surface area (Å²) in [5.74, 6) is -0.0230. The van der Waals surface area contributed by atoms with Crippen LogP contribution in [-0.2, 0) is 4.79 Å². The second kappa shape index (κ2) is 9.84. The number of carbonyl (C=O) groups is 1. The van der Waals surface area contributed by atoms with Crippen LogP contribution >= 0.6 is 0 Å². The molecule has 5 nitrogen and oxygen atoms in total. The molecule has 1 amide bonds. The third-order valence-electron chi connectivity index (χ3n) is 5.43. The van der Waals surface area contributed by atoms with E-state index in [0.29, 0.717) is 11.3 Å². The monoisotopic (exact) mass is 376 g/mol. The van der Waals surface area contributed by atoms with Gasteiger partial charge in [-0.15, -0.1) is 0 Å². The summed E-state index contributed by atoms with van der Waals surface area (Å²) in [6.07, 6.45) is 4.42. The number of nitriles is 1. The van der Waals surface area contributed by atoms with Gasteiger partial charge in [0.1, 0.15) is 32.2 Å². The highest BCUT2D eigenvalue weighted by atomic mass is 16.2. The van der Waals surface area contributed by atoms with Crippen molar-refractivity contribution in [3.05, 3.63) is 71.8 Å². The van der Waals surface area contributed by atoms with Crippen molar-refractivity contribution in [1.29, 1.82) is 5.26 Å². The Kier molecular flexibility index (Phi) is 6.96. The van der Waals surface area contributed by atoms with Crippen LogP contribution < -0.4 is 15.1 Å². The maximum atomic E-state index is 12.6. The SMILES string of the molecule is C[C@H](C(=O)Nc1ccccc1C#N)[NH+]1CC[NH+](C/C=C/c2ccccc2)CC1. The molecule has 2 aromatic carbocycles. The van der Waals surface area contributed by atoms with Gasteiger partial charge in [0.2, 0.25) is 0 Å². The van der Waals surface area contributed by atoms with Crippen molar-refractivity contribution in [1.82, 2.24) is 0 Å². The first-order valence-corrected chi connectivity index (χ1v) is 9.87. The van der Waals surface area contributed by atoms with Gasteiger partial charge in [-0.05, 0) is 30.7 Å². The minimum atomic E-state index is -0.131. The van der Waals surface area contributed by atoms with Crippen LogP contribution in [0.5, 0.6) is 0 Å². The first kappa shape index (κ1) is 19.8. The molecule has 0 bridgehead atoms. The number of para-hydroxylation sites is 1. The van der Waals surface area contributed by atoms with Crippen molar-refractivity contribution in [3.63, 3.8) is 0 Å². The van der Waals surface area contributed by atoms with Gasteiger partial charge in [0.15, 0.2) is 6.04 Å². The maximum absolute atomic E-state index is 12.6. The predicted octanol–water partition coefficient (Wildman–Crippen LogP) is 0.382. The van der Waals surface area contributed by atoms with Gasteiger partial charge in [0.25, 0.3) is 5.91 Å². The normalized spacial score (nSPS) is 20.4. The number of rotatable bonds is 6. The van der Waals surface area contributed by atoms with E-state index in [1.165, 1.54) is 10.5 Å². The highest BCUT2D eigenvalue weighted by Gasteiger charge is 2.30. The van der Waals surface area contributed by atoms with E-state index in [0.717, 1.165) is 32.7 Å². The number of carbonyl (C=O) groups excluding carboxylic acids is 1. The molecule has 1 aliphatic rings. The molecule has 5 heteroatoms. The summed E-state index contributed by atoms with van der Waals surface area (Å²) in [6, 6.07) is 19.5. The fourth-order valence-electron chi connectivity index (χ4n) is 3.60. The number of nitrogens with zero attached hydrogens (tertiary/aromatic N) is 1. The fourth-order valence-corrected chi connectivity index (χ4v) is 3.60. The Morgan fingerprint density at radius 3 is 2.50 bits per heavy atom. The molecule has 3 rings (SSSR count). The topological polar surface area (TPSA) is 61.8 Å². The van der Waals surface area contributed by atoms with Crippen LogP contribution in [0.2, 0.25) is 0 Å². The van der Waals surface area contributed by atoms with Gasteiger partial charge in [0, 0.05) is 0 Å². The van der Waals surface area contributed by atoms with Crippen molar-refractivity contribution in [3.8, 4) is 6.07 Å². The summed E-state index contributed by atoms with van der Waals surface area (Å²) in [7, 11) is 0. The van der Waals surface area contributed by atoms with Crippen LogP contribution in [0.3, 0.4) is 0 Å². The van der Waals surface area contributed by atoms with Gasteiger partial charge < -0.3 is 15.1 Å². The average Bonchev–Trinajstić information content (AvgIpc) is 2.75. The highest BCUT2D eigenvalue weighted by Crippen LogP contribution is 2.13. The minimum Gasteiger partial charge on any atom is -0.322 e. The number of anilines is 1. The summed E-state index contributed by atoms with van der Waals surface area (Å²) in [4.78, 5) is 15.5. The van der Waals surface area contributed by atoms with Crippen molar-refractivity contribution in [2.45, 2.75) is 13.0 Å². The summed E-state index contributed by atoms with van der Waals surface area (Å²) >= 11 is 0. The summed E-state index contributed by atoms with van der Waals surface area (Å²) in [5.41, 5.74) is 2.32. The number of benzene rings is 2. The molecule has 0 saturated carbocycles. The van der Waals surface area contributed by atoms with Gasteiger partial charge in [-0.25, -0.2) is 0 Å². The maximum Gasteiger partial charge on any atom is 0.282 e. The predicted molar refractivity (Wildman–Crippen MR) is 111 cm³/mol. The van der Waals surface area contributed by atoms with Crippen LogP contribution in [0.4, 0.5) is 5.69 Å². The van der Waals surface area contributed by atoms with Crippen LogP contribution in [0, 0.1) is 11.3 Å². The first-order valence-electron chi connectivity index (χ1n) is 9.87. The number of quaternary nitrogens is 2. The Balaban J connectivity index is 1.47. The van der Waals surface area contributed by atoms with E-state index in [4.69, 9.17) is 0 Å². The van der Waals surface area contributed by atoms with Crippen molar-refractivity contribution >= 4 is 17.7 Å². The molecule has 0 radical (unpaired) electrons. The average molecular weight is 377 g/mol. The van der Waals surface area contributed by atoms with Crippen molar-refractivity contribution < 1.29 is 14.6 Å². The third kappa shape index (κ3) is 5.29. The molecule has 1 fully saturated rings. The molecule has 0 aromatic heterocycles. The standard InChI is InChI=1S/C23H26N4O/c1-19(23(28)25-22-12-6-5-11-21(22)18-24)27-16-14-26(15-17-27)13-7-10-20-8-3-2-4-9-20/h2-12,19H,13-17H2,1H3,(H,25,28)/p+2/b10-7+/t19-/m1/s1. The molecule has 144 valence electrons.